The van der Waals surface area contributed by atoms with E-state index in [0.29, 0.717) is 0 Å². The number of nitrogens with zero attached hydrogens (tertiary/aromatic N) is 1. The number of furan rings is 1. The van der Waals surface area contributed by atoms with Crippen LogP contribution < -0.4 is 4.90 Å². The molecule has 0 aliphatic rings. The predicted octanol–water partition coefficient (Wildman–Crippen LogP) is 13.7. The van der Waals surface area contributed by atoms with Gasteiger partial charge in [-0.05, 0) is 56.9 Å². The van der Waals surface area contributed by atoms with E-state index in [4.69, 9.17) is 4.42 Å². The Morgan fingerprint density at radius 1 is 0.412 bits per heavy atom. The molecule has 1 atom stereocenters. The molecule has 0 radical (unpaired) electrons. The topological polar surface area (TPSA) is 16.4 Å². The highest BCUT2D eigenvalue weighted by atomic mass is 16.3. The van der Waals surface area contributed by atoms with Gasteiger partial charge in [0.05, 0.1) is 16.8 Å². The Morgan fingerprint density at radius 3 is 1.73 bits per heavy atom. The van der Waals surface area contributed by atoms with Gasteiger partial charge >= 0.3 is 0 Å². The maximum absolute atomic E-state index is 7.15. The number of para-hydroxylation sites is 2. The van der Waals surface area contributed by atoms with Crippen molar-refractivity contribution in [2.24, 2.45) is 0 Å². The summed E-state index contributed by atoms with van der Waals surface area (Å²) in [5, 5.41) is 9.40. The van der Waals surface area contributed by atoms with Crippen molar-refractivity contribution in [1.82, 2.24) is 0 Å². The van der Waals surface area contributed by atoms with Crippen molar-refractivity contribution in [2.45, 2.75) is 5.92 Å². The van der Waals surface area contributed by atoms with Crippen molar-refractivity contribution in [3.63, 3.8) is 0 Å². The third-order valence-electron chi connectivity index (χ3n) is 10.4. The molecule has 2 heteroatoms. The predicted molar refractivity (Wildman–Crippen MR) is 215 cm³/mol. The monoisotopic (exact) mass is 651 g/mol. The van der Waals surface area contributed by atoms with Crippen molar-refractivity contribution in [2.75, 3.05) is 4.90 Å². The van der Waals surface area contributed by atoms with E-state index in [1.165, 1.54) is 49.0 Å². The Balaban J connectivity index is 1.41. The lowest BCUT2D eigenvalue weighted by atomic mass is 9.79. The van der Waals surface area contributed by atoms with Crippen LogP contribution in [-0.4, -0.2) is 0 Å². The standard InChI is InChI=1S/C49H33NO/c1-3-19-35(20-4-1)45(39-30-15-21-33-17-7-9-25-37(33)39)46-40-27-11-12-28-41(40)48(47-42-29-13-14-32-44(42)51-49(46)47)50(36-23-5-2-6-24-36)43-31-16-22-34-18-8-10-26-38(34)43/h1-32,45H. The first-order valence-electron chi connectivity index (χ1n) is 17.6. The molecule has 0 fully saturated rings. The molecule has 240 valence electrons. The van der Waals surface area contributed by atoms with E-state index in [1.807, 2.05) is 0 Å². The minimum absolute atomic E-state index is 0.0953. The molecule has 9 aromatic carbocycles. The minimum Gasteiger partial charge on any atom is -0.456 e. The van der Waals surface area contributed by atoms with Gasteiger partial charge in [-0.15, -0.1) is 0 Å². The van der Waals surface area contributed by atoms with E-state index in [0.717, 1.165) is 39.0 Å². The van der Waals surface area contributed by atoms with Gasteiger partial charge in [0, 0.05) is 33.3 Å². The SMILES string of the molecule is c1ccc(C(c2cccc3ccccc23)c2c3ccccc3c(N(c3ccccc3)c3cccc4ccccc34)c3c2oc2ccccc23)cc1. The summed E-state index contributed by atoms with van der Waals surface area (Å²) in [5.41, 5.74) is 8.77. The van der Waals surface area contributed by atoms with Crippen LogP contribution in [0.5, 0.6) is 0 Å². The van der Waals surface area contributed by atoms with Crippen LogP contribution in [0.2, 0.25) is 0 Å². The molecule has 0 saturated carbocycles. The summed E-state index contributed by atoms with van der Waals surface area (Å²) in [6.07, 6.45) is 0. The van der Waals surface area contributed by atoms with Crippen LogP contribution in [-0.2, 0) is 0 Å². The molecule has 10 aromatic rings. The van der Waals surface area contributed by atoms with Crippen LogP contribution >= 0.6 is 0 Å². The molecule has 0 spiro atoms. The van der Waals surface area contributed by atoms with Crippen LogP contribution in [0.3, 0.4) is 0 Å². The van der Waals surface area contributed by atoms with Gasteiger partial charge in [0.15, 0.2) is 0 Å². The molecule has 0 amide bonds. The number of fused-ring (bicyclic) bond motifs is 6. The molecule has 0 aliphatic heterocycles. The Kier molecular flexibility index (Phi) is 6.92. The Hall–Kier alpha value is -6.64. The van der Waals surface area contributed by atoms with Crippen LogP contribution in [0, 0.1) is 0 Å². The van der Waals surface area contributed by atoms with Crippen LogP contribution in [0.15, 0.2) is 199 Å². The second kappa shape index (κ2) is 12.0. The molecule has 1 unspecified atom stereocenters. The third kappa shape index (κ3) is 4.72. The molecular weight excluding hydrogens is 619 g/mol. The molecule has 0 N–H and O–H groups in total. The zero-order valence-corrected chi connectivity index (χ0v) is 27.9. The number of hydrogen-bond acceptors (Lipinski definition) is 2. The highest BCUT2D eigenvalue weighted by Gasteiger charge is 2.31. The number of benzene rings is 9. The summed E-state index contributed by atoms with van der Waals surface area (Å²) in [6.45, 7) is 0. The fourth-order valence-electron chi connectivity index (χ4n) is 8.19. The van der Waals surface area contributed by atoms with E-state index >= 15 is 0 Å². The van der Waals surface area contributed by atoms with Gasteiger partial charge in [-0.25, -0.2) is 0 Å². The quantitative estimate of drug-likeness (QED) is 0.166. The fraction of sp³-hybridized carbons (Fsp3) is 0.0204. The van der Waals surface area contributed by atoms with Crippen LogP contribution in [0.25, 0.3) is 54.3 Å². The first kappa shape index (κ1) is 29.3. The molecule has 2 nitrogen and oxygen atoms in total. The summed E-state index contributed by atoms with van der Waals surface area (Å²) in [4.78, 5) is 2.45. The summed E-state index contributed by atoms with van der Waals surface area (Å²) in [7, 11) is 0. The highest BCUT2D eigenvalue weighted by Crippen LogP contribution is 2.53. The second-order valence-corrected chi connectivity index (χ2v) is 13.2. The molecule has 10 rings (SSSR count). The van der Waals surface area contributed by atoms with E-state index in [1.54, 1.807) is 0 Å². The van der Waals surface area contributed by atoms with Crippen molar-refractivity contribution < 1.29 is 4.42 Å². The van der Waals surface area contributed by atoms with Gasteiger partial charge in [-0.3, -0.25) is 0 Å². The van der Waals surface area contributed by atoms with Crippen LogP contribution in [0.4, 0.5) is 17.1 Å². The van der Waals surface area contributed by atoms with E-state index in [-0.39, 0.29) is 5.92 Å². The Labute approximate surface area is 296 Å². The lowest BCUT2D eigenvalue weighted by Gasteiger charge is -2.30. The van der Waals surface area contributed by atoms with Gasteiger partial charge in [-0.2, -0.15) is 0 Å². The highest BCUT2D eigenvalue weighted by molar-refractivity contribution is 6.24. The zero-order chi connectivity index (χ0) is 33.7. The maximum Gasteiger partial charge on any atom is 0.142 e. The van der Waals surface area contributed by atoms with E-state index in [9.17, 15) is 0 Å². The summed E-state index contributed by atoms with van der Waals surface area (Å²) in [5.74, 6) is -0.0953. The lowest BCUT2D eigenvalue weighted by molar-refractivity contribution is 0.662. The van der Waals surface area contributed by atoms with E-state index in [2.05, 4.69) is 199 Å². The van der Waals surface area contributed by atoms with Crippen LogP contribution in [0.1, 0.15) is 22.6 Å². The Bertz CT molecular complexity index is 2860. The van der Waals surface area contributed by atoms with Gasteiger partial charge in [0.25, 0.3) is 0 Å². The lowest BCUT2D eigenvalue weighted by Crippen LogP contribution is -2.13. The fourth-order valence-corrected chi connectivity index (χ4v) is 8.19. The number of rotatable bonds is 6. The molecule has 0 aliphatic carbocycles. The smallest absolute Gasteiger partial charge is 0.142 e. The molecule has 51 heavy (non-hydrogen) atoms. The van der Waals surface area contributed by atoms with Gasteiger partial charge in [0.1, 0.15) is 11.2 Å². The summed E-state index contributed by atoms with van der Waals surface area (Å²) >= 11 is 0. The molecule has 1 aromatic heterocycles. The number of anilines is 3. The normalized spacial score (nSPS) is 12.2. The molecule has 0 bridgehead atoms. The van der Waals surface area contributed by atoms with E-state index < -0.39 is 0 Å². The Morgan fingerprint density at radius 2 is 0.961 bits per heavy atom. The zero-order valence-electron chi connectivity index (χ0n) is 27.9. The van der Waals surface area contributed by atoms with Gasteiger partial charge < -0.3 is 9.32 Å². The third-order valence-corrected chi connectivity index (χ3v) is 10.4. The summed E-state index contributed by atoms with van der Waals surface area (Å²) in [6, 6.07) is 69.8. The largest absolute Gasteiger partial charge is 0.456 e. The maximum atomic E-state index is 7.15. The molecule has 0 saturated heterocycles. The second-order valence-electron chi connectivity index (χ2n) is 13.2. The van der Waals surface area contributed by atoms with Crippen molar-refractivity contribution >= 4 is 71.3 Å². The average Bonchev–Trinajstić information content (AvgIpc) is 3.59. The minimum atomic E-state index is -0.0953. The molecule has 1 heterocycles. The molecular formula is C49H33NO. The first-order valence-corrected chi connectivity index (χ1v) is 17.6. The average molecular weight is 652 g/mol. The van der Waals surface area contributed by atoms with Crippen molar-refractivity contribution in [3.05, 3.63) is 211 Å². The van der Waals surface area contributed by atoms with Crippen molar-refractivity contribution in [1.29, 1.82) is 0 Å². The van der Waals surface area contributed by atoms with Crippen molar-refractivity contribution in [3.8, 4) is 0 Å². The van der Waals surface area contributed by atoms with Gasteiger partial charge in [-0.1, -0.05) is 170 Å². The summed E-state index contributed by atoms with van der Waals surface area (Å²) < 4.78 is 7.15. The van der Waals surface area contributed by atoms with Gasteiger partial charge in [0.2, 0.25) is 0 Å². The number of hydrogen-bond donors (Lipinski definition) is 0. The first-order chi connectivity index (χ1) is 25.3.